The molecule has 0 saturated carbocycles. The average Bonchev–Trinajstić information content (AvgIpc) is 3.27. The molecular weight excluding hydrogens is 402 g/mol. The smallest absolute Gasteiger partial charge is 0.359 e. The van der Waals surface area contributed by atoms with Gasteiger partial charge in [-0.1, -0.05) is 66.7 Å². The molecule has 0 spiro atoms. The van der Waals surface area contributed by atoms with Crippen LogP contribution in [0, 0.1) is 6.92 Å². The molecule has 0 saturated heterocycles. The maximum Gasteiger partial charge on any atom is 0.359 e. The highest BCUT2D eigenvalue weighted by Gasteiger charge is 2.19. The SMILES string of the molecule is Cc1cccc2nc(C(=O)OCC(=O)N(CCc3ccccc3)Cc3ccccc3)cn12. The van der Waals surface area contributed by atoms with Crippen molar-refractivity contribution in [3.8, 4) is 0 Å². The molecule has 0 unspecified atom stereocenters. The van der Waals surface area contributed by atoms with Crippen LogP contribution in [0.3, 0.4) is 0 Å². The largest absolute Gasteiger partial charge is 0.451 e. The number of hydrogen-bond donors (Lipinski definition) is 0. The van der Waals surface area contributed by atoms with E-state index in [9.17, 15) is 9.59 Å². The Labute approximate surface area is 187 Å². The predicted octanol–water partition coefficient (Wildman–Crippen LogP) is 4.07. The Balaban J connectivity index is 1.42. The van der Waals surface area contributed by atoms with Crippen LogP contribution in [-0.2, 0) is 22.5 Å². The Morgan fingerprint density at radius 1 is 0.906 bits per heavy atom. The van der Waals surface area contributed by atoms with Gasteiger partial charge >= 0.3 is 5.97 Å². The first-order valence-electron chi connectivity index (χ1n) is 10.6. The van der Waals surface area contributed by atoms with Crippen molar-refractivity contribution < 1.29 is 14.3 Å². The molecule has 4 aromatic rings. The Kier molecular flexibility index (Phi) is 6.60. The van der Waals surface area contributed by atoms with Crippen LogP contribution in [0.4, 0.5) is 0 Å². The minimum absolute atomic E-state index is 0.186. The second-order valence-electron chi connectivity index (χ2n) is 7.63. The summed E-state index contributed by atoms with van der Waals surface area (Å²) in [7, 11) is 0. The first kappa shape index (κ1) is 21.3. The molecule has 0 radical (unpaired) electrons. The lowest BCUT2D eigenvalue weighted by molar-refractivity contribution is -0.135. The number of nitrogens with zero attached hydrogens (tertiary/aromatic N) is 3. The van der Waals surface area contributed by atoms with Crippen LogP contribution in [0.2, 0.25) is 0 Å². The molecule has 6 nitrogen and oxygen atoms in total. The number of aryl methyl sites for hydroxylation is 1. The van der Waals surface area contributed by atoms with E-state index in [-0.39, 0.29) is 18.2 Å². The van der Waals surface area contributed by atoms with E-state index in [0.29, 0.717) is 18.7 Å². The number of rotatable bonds is 8. The van der Waals surface area contributed by atoms with Crippen LogP contribution in [0.15, 0.2) is 85.1 Å². The fourth-order valence-corrected chi connectivity index (χ4v) is 3.54. The van der Waals surface area contributed by atoms with Crippen molar-refractivity contribution in [1.29, 1.82) is 0 Å². The van der Waals surface area contributed by atoms with Crippen LogP contribution in [0.1, 0.15) is 27.3 Å². The molecule has 2 aromatic heterocycles. The molecule has 0 bridgehead atoms. The van der Waals surface area contributed by atoms with Gasteiger partial charge in [-0.05, 0) is 36.6 Å². The van der Waals surface area contributed by atoms with Gasteiger partial charge in [0, 0.05) is 25.0 Å². The van der Waals surface area contributed by atoms with Gasteiger partial charge in [-0.3, -0.25) is 4.79 Å². The summed E-state index contributed by atoms with van der Waals surface area (Å²) in [6, 6.07) is 25.4. The highest BCUT2D eigenvalue weighted by molar-refractivity contribution is 5.90. The van der Waals surface area contributed by atoms with Crippen molar-refractivity contribution in [3.63, 3.8) is 0 Å². The number of benzene rings is 2. The van der Waals surface area contributed by atoms with Gasteiger partial charge < -0.3 is 14.0 Å². The molecule has 2 aromatic carbocycles. The van der Waals surface area contributed by atoms with Crippen LogP contribution >= 0.6 is 0 Å². The maximum atomic E-state index is 13.0. The Morgan fingerprint density at radius 2 is 1.59 bits per heavy atom. The summed E-state index contributed by atoms with van der Waals surface area (Å²) in [6.45, 7) is 2.59. The van der Waals surface area contributed by atoms with Gasteiger partial charge in [0.15, 0.2) is 12.3 Å². The van der Waals surface area contributed by atoms with Crippen molar-refractivity contribution in [2.24, 2.45) is 0 Å². The summed E-state index contributed by atoms with van der Waals surface area (Å²) in [6.07, 6.45) is 2.35. The van der Waals surface area contributed by atoms with Gasteiger partial charge in [0.2, 0.25) is 0 Å². The summed E-state index contributed by atoms with van der Waals surface area (Å²) >= 11 is 0. The minimum atomic E-state index is -0.607. The van der Waals surface area contributed by atoms with Crippen LogP contribution in [0.5, 0.6) is 0 Å². The number of aromatic nitrogens is 2. The molecule has 0 aliphatic carbocycles. The number of hydrogen-bond acceptors (Lipinski definition) is 4. The number of ether oxygens (including phenoxy) is 1. The number of amides is 1. The van der Waals surface area contributed by atoms with Crippen molar-refractivity contribution in [1.82, 2.24) is 14.3 Å². The van der Waals surface area contributed by atoms with Gasteiger partial charge in [-0.15, -0.1) is 0 Å². The molecule has 162 valence electrons. The van der Waals surface area contributed by atoms with E-state index in [2.05, 4.69) is 4.98 Å². The molecule has 1 amide bonds. The Bertz CT molecular complexity index is 1200. The normalized spacial score (nSPS) is 10.8. The molecule has 6 heteroatoms. The Hall–Kier alpha value is -3.93. The topological polar surface area (TPSA) is 63.9 Å². The van der Waals surface area contributed by atoms with Crippen molar-refractivity contribution in [2.45, 2.75) is 19.9 Å². The van der Waals surface area contributed by atoms with E-state index in [1.165, 1.54) is 0 Å². The van der Waals surface area contributed by atoms with Crippen molar-refractivity contribution in [2.75, 3.05) is 13.2 Å². The lowest BCUT2D eigenvalue weighted by Crippen LogP contribution is -2.36. The molecule has 0 N–H and O–H groups in total. The number of imidazole rings is 1. The summed E-state index contributed by atoms with van der Waals surface area (Å²) in [4.78, 5) is 31.5. The molecule has 0 aliphatic rings. The van der Waals surface area contributed by atoms with E-state index >= 15 is 0 Å². The third-order valence-electron chi connectivity index (χ3n) is 5.31. The highest BCUT2D eigenvalue weighted by Crippen LogP contribution is 2.11. The summed E-state index contributed by atoms with van der Waals surface area (Å²) in [5.41, 5.74) is 3.98. The number of pyridine rings is 1. The monoisotopic (exact) mass is 427 g/mol. The molecule has 4 rings (SSSR count). The number of fused-ring (bicyclic) bond motifs is 1. The first-order chi connectivity index (χ1) is 15.6. The number of carbonyl (C=O) groups excluding carboxylic acids is 2. The van der Waals surface area contributed by atoms with E-state index in [4.69, 9.17) is 4.74 Å². The molecule has 32 heavy (non-hydrogen) atoms. The molecule has 2 heterocycles. The third-order valence-corrected chi connectivity index (χ3v) is 5.31. The molecular formula is C26H25N3O3. The van der Waals surface area contributed by atoms with Crippen LogP contribution in [-0.4, -0.2) is 39.3 Å². The second kappa shape index (κ2) is 9.92. The van der Waals surface area contributed by atoms with Gasteiger partial charge in [-0.25, -0.2) is 9.78 Å². The van der Waals surface area contributed by atoms with E-state index in [1.807, 2.05) is 90.2 Å². The van der Waals surface area contributed by atoms with Gasteiger partial charge in [0.1, 0.15) is 5.65 Å². The van der Waals surface area contributed by atoms with Gasteiger partial charge in [0.25, 0.3) is 5.91 Å². The van der Waals surface area contributed by atoms with Crippen molar-refractivity contribution in [3.05, 3.63) is 108 Å². The highest BCUT2D eigenvalue weighted by atomic mass is 16.5. The van der Waals surface area contributed by atoms with Crippen molar-refractivity contribution >= 4 is 17.5 Å². The fourth-order valence-electron chi connectivity index (χ4n) is 3.54. The van der Waals surface area contributed by atoms with Gasteiger partial charge in [0.05, 0.1) is 0 Å². The molecule has 0 aliphatic heterocycles. The molecule has 0 atom stereocenters. The zero-order valence-electron chi connectivity index (χ0n) is 18.0. The zero-order valence-corrected chi connectivity index (χ0v) is 18.0. The zero-order chi connectivity index (χ0) is 22.3. The number of carbonyl (C=O) groups is 2. The Morgan fingerprint density at radius 3 is 2.28 bits per heavy atom. The average molecular weight is 428 g/mol. The molecule has 0 fully saturated rings. The van der Waals surface area contributed by atoms with Gasteiger partial charge in [-0.2, -0.15) is 0 Å². The quantitative estimate of drug-likeness (QED) is 0.398. The predicted molar refractivity (Wildman–Crippen MR) is 122 cm³/mol. The first-order valence-corrected chi connectivity index (χ1v) is 10.6. The summed E-state index contributed by atoms with van der Waals surface area (Å²) in [5.74, 6) is -0.845. The van der Waals surface area contributed by atoms with Crippen LogP contribution in [0.25, 0.3) is 5.65 Å². The summed E-state index contributed by atoms with van der Waals surface area (Å²) in [5, 5.41) is 0. The fraction of sp³-hybridized carbons (Fsp3) is 0.192. The number of esters is 1. The summed E-state index contributed by atoms with van der Waals surface area (Å²) < 4.78 is 7.14. The van der Waals surface area contributed by atoms with Crippen LogP contribution < -0.4 is 0 Å². The lowest BCUT2D eigenvalue weighted by atomic mass is 10.1. The van der Waals surface area contributed by atoms with E-state index in [1.54, 1.807) is 11.1 Å². The minimum Gasteiger partial charge on any atom is -0.451 e. The lowest BCUT2D eigenvalue weighted by Gasteiger charge is -2.23. The standard InChI is InChI=1S/C26H25N3O3/c1-20-9-8-14-24-27-23(18-29(20)24)26(31)32-19-25(30)28(17-22-12-6-3-7-13-22)16-15-21-10-4-2-5-11-21/h2-14,18H,15-17,19H2,1H3. The third kappa shape index (κ3) is 5.21. The van der Waals surface area contributed by atoms with E-state index in [0.717, 1.165) is 23.2 Å². The second-order valence-corrected chi connectivity index (χ2v) is 7.63. The maximum absolute atomic E-state index is 13.0. The van der Waals surface area contributed by atoms with E-state index < -0.39 is 5.97 Å².